The summed E-state index contributed by atoms with van der Waals surface area (Å²) in [7, 11) is 1.57. The number of carbonyl (C=O) groups excluding carboxylic acids is 1. The molecule has 0 saturated carbocycles. The number of carbonyl (C=O) groups is 2. The molecule has 2 aromatic rings. The van der Waals surface area contributed by atoms with Crippen molar-refractivity contribution in [3.8, 4) is 5.75 Å². The Bertz CT molecular complexity index is 863. The lowest BCUT2D eigenvalue weighted by atomic mass is 10.2. The van der Waals surface area contributed by atoms with Crippen LogP contribution in [0.5, 0.6) is 5.75 Å². The number of nitrogens with one attached hydrogen (secondary N) is 1. The number of rotatable bonds is 11. The fourth-order valence-corrected chi connectivity index (χ4v) is 2.48. The van der Waals surface area contributed by atoms with E-state index in [0.717, 1.165) is 5.56 Å². The van der Waals surface area contributed by atoms with Gasteiger partial charge in [0.1, 0.15) is 11.3 Å². The van der Waals surface area contributed by atoms with Gasteiger partial charge in [-0.25, -0.2) is 4.68 Å². The van der Waals surface area contributed by atoms with Crippen molar-refractivity contribution in [2.45, 2.75) is 25.9 Å². The van der Waals surface area contributed by atoms with Gasteiger partial charge in [0.05, 0.1) is 45.2 Å². The van der Waals surface area contributed by atoms with Crippen molar-refractivity contribution in [2.24, 2.45) is 0 Å². The van der Waals surface area contributed by atoms with E-state index in [2.05, 4.69) is 10.4 Å². The fraction of sp³-hybridized carbons (Fsp3) is 0.368. The van der Waals surface area contributed by atoms with Gasteiger partial charge in [0.2, 0.25) is 0 Å². The SMILES string of the molecule is COc1ccc(Cn2ncc(N[C@@H](C)COCCC(=O)O)c(C=O)c2=O)cc1. The monoisotopic (exact) mass is 389 g/mol. The molecule has 2 rings (SSSR count). The van der Waals surface area contributed by atoms with Crippen molar-refractivity contribution in [3.05, 3.63) is 51.9 Å². The van der Waals surface area contributed by atoms with E-state index in [1.54, 1.807) is 26.2 Å². The number of carboxylic acids is 1. The van der Waals surface area contributed by atoms with Crippen LogP contribution in [0.3, 0.4) is 0 Å². The molecular weight excluding hydrogens is 366 g/mol. The Hall–Kier alpha value is -3.20. The predicted molar refractivity (Wildman–Crippen MR) is 102 cm³/mol. The molecule has 150 valence electrons. The van der Waals surface area contributed by atoms with Crippen molar-refractivity contribution in [1.82, 2.24) is 9.78 Å². The highest BCUT2D eigenvalue weighted by Gasteiger charge is 2.13. The second-order valence-corrected chi connectivity index (χ2v) is 6.16. The number of nitrogens with zero attached hydrogens (tertiary/aromatic N) is 2. The van der Waals surface area contributed by atoms with E-state index in [0.29, 0.717) is 17.7 Å². The van der Waals surface area contributed by atoms with Crippen LogP contribution in [0.4, 0.5) is 5.69 Å². The summed E-state index contributed by atoms with van der Waals surface area (Å²) in [6.07, 6.45) is 1.83. The second-order valence-electron chi connectivity index (χ2n) is 6.16. The summed E-state index contributed by atoms with van der Waals surface area (Å²) in [5, 5.41) is 15.7. The van der Waals surface area contributed by atoms with Gasteiger partial charge in [-0.05, 0) is 24.6 Å². The van der Waals surface area contributed by atoms with Gasteiger partial charge in [-0.15, -0.1) is 0 Å². The molecule has 0 aliphatic heterocycles. The van der Waals surface area contributed by atoms with E-state index < -0.39 is 11.5 Å². The number of ether oxygens (including phenoxy) is 2. The van der Waals surface area contributed by atoms with Crippen LogP contribution in [0, 0.1) is 0 Å². The summed E-state index contributed by atoms with van der Waals surface area (Å²) >= 11 is 0. The van der Waals surface area contributed by atoms with Crippen LogP contribution >= 0.6 is 0 Å². The zero-order valence-electron chi connectivity index (χ0n) is 15.8. The summed E-state index contributed by atoms with van der Waals surface area (Å²) in [6.45, 7) is 2.32. The molecule has 0 unspecified atom stereocenters. The first-order valence-corrected chi connectivity index (χ1v) is 8.69. The molecule has 0 fully saturated rings. The Balaban J connectivity index is 2.06. The molecule has 1 atom stereocenters. The molecule has 1 aromatic carbocycles. The van der Waals surface area contributed by atoms with Gasteiger partial charge >= 0.3 is 5.97 Å². The molecular formula is C19H23N3O6. The molecule has 0 amide bonds. The molecule has 28 heavy (non-hydrogen) atoms. The average molecular weight is 389 g/mol. The molecule has 1 aromatic heterocycles. The first kappa shape index (κ1) is 21.1. The fourth-order valence-electron chi connectivity index (χ4n) is 2.48. The van der Waals surface area contributed by atoms with Crippen LogP contribution in [0.1, 0.15) is 29.3 Å². The summed E-state index contributed by atoms with van der Waals surface area (Å²) in [4.78, 5) is 34.5. The standard InChI is InChI=1S/C19H23N3O6/c1-13(12-28-8-7-18(24)25)21-17-9-20-22(19(26)16(17)11-23)10-14-3-5-15(27-2)6-4-14/h3-6,9,11,13,21H,7-8,10,12H2,1-2H3,(H,24,25)/t13-/m0/s1. The van der Waals surface area contributed by atoms with Crippen molar-refractivity contribution in [3.63, 3.8) is 0 Å². The van der Waals surface area contributed by atoms with Gasteiger partial charge < -0.3 is 19.9 Å². The van der Waals surface area contributed by atoms with E-state index in [-0.39, 0.29) is 37.8 Å². The summed E-state index contributed by atoms with van der Waals surface area (Å²) in [6, 6.07) is 6.95. The van der Waals surface area contributed by atoms with E-state index >= 15 is 0 Å². The number of benzene rings is 1. The van der Waals surface area contributed by atoms with Gasteiger partial charge in [-0.3, -0.25) is 14.4 Å². The van der Waals surface area contributed by atoms with Crippen molar-refractivity contribution < 1.29 is 24.2 Å². The Labute approximate surface area is 161 Å². The van der Waals surface area contributed by atoms with Gasteiger partial charge in [0.15, 0.2) is 6.29 Å². The summed E-state index contributed by atoms with van der Waals surface area (Å²) < 4.78 is 11.6. The van der Waals surface area contributed by atoms with E-state index in [9.17, 15) is 14.4 Å². The van der Waals surface area contributed by atoms with Crippen molar-refractivity contribution in [2.75, 3.05) is 25.6 Å². The molecule has 0 aliphatic rings. The zero-order valence-corrected chi connectivity index (χ0v) is 15.8. The topological polar surface area (TPSA) is 120 Å². The quantitative estimate of drug-likeness (QED) is 0.437. The van der Waals surface area contributed by atoms with Crippen LogP contribution < -0.4 is 15.6 Å². The highest BCUT2D eigenvalue weighted by atomic mass is 16.5. The molecule has 0 aliphatic carbocycles. The number of anilines is 1. The number of hydrogen-bond donors (Lipinski definition) is 2. The third-order valence-corrected chi connectivity index (χ3v) is 3.92. The predicted octanol–water partition coefficient (Wildman–Crippen LogP) is 1.40. The molecule has 0 bridgehead atoms. The maximum atomic E-state index is 12.6. The van der Waals surface area contributed by atoms with Crippen LogP contribution in [0.15, 0.2) is 35.3 Å². The largest absolute Gasteiger partial charge is 0.497 e. The van der Waals surface area contributed by atoms with Gasteiger partial charge in [-0.1, -0.05) is 12.1 Å². The highest BCUT2D eigenvalue weighted by molar-refractivity contribution is 5.83. The van der Waals surface area contributed by atoms with E-state index in [4.69, 9.17) is 14.6 Å². The van der Waals surface area contributed by atoms with Gasteiger partial charge in [0, 0.05) is 6.04 Å². The number of aldehydes is 1. The van der Waals surface area contributed by atoms with Gasteiger partial charge in [0.25, 0.3) is 5.56 Å². The number of methoxy groups -OCH3 is 1. The minimum atomic E-state index is -0.937. The van der Waals surface area contributed by atoms with Crippen LogP contribution in [-0.2, 0) is 16.1 Å². The molecule has 0 radical (unpaired) electrons. The number of hydrogen-bond acceptors (Lipinski definition) is 7. The van der Waals surface area contributed by atoms with Crippen LogP contribution in [0.25, 0.3) is 0 Å². The maximum absolute atomic E-state index is 12.6. The summed E-state index contributed by atoms with van der Waals surface area (Å²) in [5.41, 5.74) is 0.615. The lowest BCUT2D eigenvalue weighted by Gasteiger charge is -2.17. The molecule has 0 spiro atoms. The molecule has 0 saturated heterocycles. The minimum Gasteiger partial charge on any atom is -0.497 e. The molecule has 9 nitrogen and oxygen atoms in total. The van der Waals surface area contributed by atoms with E-state index in [1.165, 1.54) is 10.9 Å². The second kappa shape index (κ2) is 10.2. The molecule has 1 heterocycles. The lowest BCUT2D eigenvalue weighted by molar-refractivity contribution is -0.138. The average Bonchev–Trinajstić information content (AvgIpc) is 2.68. The Morgan fingerprint density at radius 1 is 1.36 bits per heavy atom. The van der Waals surface area contributed by atoms with Crippen molar-refractivity contribution >= 4 is 17.9 Å². The third kappa shape index (κ3) is 5.92. The summed E-state index contributed by atoms with van der Waals surface area (Å²) in [5.74, 6) is -0.231. The van der Waals surface area contributed by atoms with Gasteiger partial charge in [-0.2, -0.15) is 5.10 Å². The first-order chi connectivity index (χ1) is 13.4. The number of carboxylic acid groups (broad SMARTS) is 1. The third-order valence-electron chi connectivity index (χ3n) is 3.92. The first-order valence-electron chi connectivity index (χ1n) is 8.69. The normalized spacial score (nSPS) is 11.6. The Morgan fingerprint density at radius 3 is 2.68 bits per heavy atom. The van der Waals surface area contributed by atoms with Crippen LogP contribution in [0.2, 0.25) is 0 Å². The van der Waals surface area contributed by atoms with E-state index in [1.807, 2.05) is 12.1 Å². The number of aliphatic carboxylic acids is 1. The Kier molecular flexibility index (Phi) is 7.70. The number of aromatic nitrogens is 2. The molecule has 2 N–H and O–H groups in total. The zero-order chi connectivity index (χ0) is 20.5. The van der Waals surface area contributed by atoms with Crippen LogP contribution in [-0.4, -0.2) is 53.5 Å². The lowest BCUT2D eigenvalue weighted by Crippen LogP contribution is -2.30. The van der Waals surface area contributed by atoms with Crippen molar-refractivity contribution in [1.29, 1.82) is 0 Å². The smallest absolute Gasteiger partial charge is 0.305 e. The maximum Gasteiger partial charge on any atom is 0.305 e. The minimum absolute atomic E-state index is 0.0269. The highest BCUT2D eigenvalue weighted by Crippen LogP contribution is 2.13. The molecule has 9 heteroatoms. The Morgan fingerprint density at radius 2 is 2.07 bits per heavy atom.